The molecule has 0 spiro atoms. The first-order valence-electron chi connectivity index (χ1n) is 5.82. The third-order valence-electron chi connectivity index (χ3n) is 2.86. The van der Waals surface area contributed by atoms with Crippen molar-refractivity contribution in [1.29, 1.82) is 0 Å². The molecule has 0 amide bonds. The van der Waals surface area contributed by atoms with E-state index in [9.17, 15) is 0 Å². The molecule has 1 heterocycles. The van der Waals surface area contributed by atoms with Gasteiger partial charge in [-0.05, 0) is 19.4 Å². The van der Waals surface area contributed by atoms with E-state index < -0.39 is 0 Å². The van der Waals surface area contributed by atoms with Crippen molar-refractivity contribution in [3.63, 3.8) is 0 Å². The molecule has 1 aliphatic heterocycles. The Labute approximate surface area is 92.7 Å². The Morgan fingerprint density at radius 3 is 2.87 bits per heavy atom. The summed E-state index contributed by atoms with van der Waals surface area (Å²) in [4.78, 5) is 0. The molecular formula is C11H24N2O2. The molecule has 1 rings (SSSR count). The second-order valence-corrected chi connectivity index (χ2v) is 4.12. The van der Waals surface area contributed by atoms with Gasteiger partial charge in [-0.2, -0.15) is 0 Å². The van der Waals surface area contributed by atoms with E-state index in [-0.39, 0.29) is 6.10 Å². The summed E-state index contributed by atoms with van der Waals surface area (Å²) in [6, 6.07) is 0.638. The molecule has 0 aromatic heterocycles. The van der Waals surface area contributed by atoms with Crippen LogP contribution in [0.25, 0.3) is 0 Å². The molecule has 2 N–H and O–H groups in total. The number of nitrogens with one attached hydrogen (secondary N) is 2. The van der Waals surface area contributed by atoms with Crippen LogP contribution in [0.3, 0.4) is 0 Å². The van der Waals surface area contributed by atoms with Crippen LogP contribution in [0.2, 0.25) is 0 Å². The Morgan fingerprint density at radius 2 is 2.27 bits per heavy atom. The zero-order valence-corrected chi connectivity index (χ0v) is 9.92. The van der Waals surface area contributed by atoms with Crippen molar-refractivity contribution < 1.29 is 9.47 Å². The van der Waals surface area contributed by atoms with E-state index in [1.807, 2.05) is 0 Å². The first kappa shape index (κ1) is 12.9. The lowest BCUT2D eigenvalue weighted by Gasteiger charge is -2.24. The average Bonchev–Trinajstić information content (AvgIpc) is 2.29. The first-order valence-corrected chi connectivity index (χ1v) is 5.82. The van der Waals surface area contributed by atoms with E-state index in [0.29, 0.717) is 12.6 Å². The van der Waals surface area contributed by atoms with E-state index in [0.717, 1.165) is 19.6 Å². The average molecular weight is 216 g/mol. The highest BCUT2D eigenvalue weighted by Crippen LogP contribution is 2.05. The molecule has 90 valence electrons. The van der Waals surface area contributed by atoms with Crippen LogP contribution >= 0.6 is 0 Å². The van der Waals surface area contributed by atoms with Gasteiger partial charge >= 0.3 is 0 Å². The summed E-state index contributed by atoms with van der Waals surface area (Å²) >= 11 is 0. The second kappa shape index (κ2) is 8.05. The quantitative estimate of drug-likeness (QED) is 0.645. The van der Waals surface area contributed by atoms with E-state index in [2.05, 4.69) is 10.6 Å². The molecule has 1 saturated heterocycles. The molecule has 0 aromatic rings. The van der Waals surface area contributed by atoms with Gasteiger partial charge in [0.05, 0.1) is 12.7 Å². The van der Waals surface area contributed by atoms with Crippen molar-refractivity contribution in [2.24, 2.45) is 0 Å². The van der Waals surface area contributed by atoms with Crippen molar-refractivity contribution in [2.75, 3.05) is 40.5 Å². The number of hydrogen-bond donors (Lipinski definition) is 2. The van der Waals surface area contributed by atoms with Gasteiger partial charge in [0.25, 0.3) is 0 Å². The van der Waals surface area contributed by atoms with Gasteiger partial charge in [0.2, 0.25) is 0 Å². The van der Waals surface area contributed by atoms with Crippen molar-refractivity contribution in [3.05, 3.63) is 0 Å². The summed E-state index contributed by atoms with van der Waals surface area (Å²) in [5, 5.41) is 6.93. The Kier molecular flexibility index (Phi) is 6.92. The highest BCUT2D eigenvalue weighted by molar-refractivity contribution is 4.75. The molecule has 0 saturated carbocycles. The van der Waals surface area contributed by atoms with Crippen molar-refractivity contribution in [1.82, 2.24) is 10.6 Å². The lowest BCUT2D eigenvalue weighted by molar-refractivity contribution is 0.0286. The fraction of sp³-hybridized carbons (Fsp3) is 1.00. The summed E-state index contributed by atoms with van der Waals surface area (Å²) in [5.74, 6) is 0. The van der Waals surface area contributed by atoms with Gasteiger partial charge in [-0.1, -0.05) is 6.42 Å². The predicted molar refractivity (Wildman–Crippen MR) is 61.2 cm³/mol. The van der Waals surface area contributed by atoms with Crippen LogP contribution in [0.1, 0.15) is 19.3 Å². The molecule has 4 heteroatoms. The Hall–Kier alpha value is -0.160. The summed E-state index contributed by atoms with van der Waals surface area (Å²) in [6.07, 6.45) is 4.12. The molecule has 2 unspecified atom stereocenters. The molecule has 0 aromatic carbocycles. The maximum atomic E-state index is 5.27. The topological polar surface area (TPSA) is 42.5 Å². The van der Waals surface area contributed by atoms with Crippen LogP contribution < -0.4 is 10.6 Å². The van der Waals surface area contributed by atoms with E-state index in [4.69, 9.17) is 9.47 Å². The van der Waals surface area contributed by atoms with Gasteiger partial charge < -0.3 is 20.1 Å². The van der Waals surface area contributed by atoms with Crippen LogP contribution in [0.5, 0.6) is 0 Å². The molecule has 0 radical (unpaired) electrons. The maximum absolute atomic E-state index is 5.27. The largest absolute Gasteiger partial charge is 0.382 e. The normalized spacial score (nSPS) is 24.0. The molecular weight excluding hydrogens is 192 g/mol. The van der Waals surface area contributed by atoms with Crippen LogP contribution in [0, 0.1) is 0 Å². The molecule has 4 nitrogen and oxygen atoms in total. The van der Waals surface area contributed by atoms with Crippen LogP contribution in [-0.4, -0.2) is 52.6 Å². The molecule has 2 atom stereocenters. The Morgan fingerprint density at radius 1 is 1.40 bits per heavy atom. The minimum absolute atomic E-state index is 0.165. The highest BCUT2D eigenvalue weighted by atomic mass is 16.5. The molecule has 1 aliphatic rings. The smallest absolute Gasteiger partial charge is 0.0928 e. The molecule has 0 aliphatic carbocycles. The SMILES string of the molecule is COCC(CNCC1CCCCN1)OC. The van der Waals surface area contributed by atoms with Crippen molar-refractivity contribution >= 4 is 0 Å². The van der Waals surface area contributed by atoms with Gasteiger partial charge in [0.15, 0.2) is 0 Å². The van der Waals surface area contributed by atoms with Crippen LogP contribution in [0.15, 0.2) is 0 Å². The fourth-order valence-electron chi connectivity index (χ4n) is 1.91. The monoisotopic (exact) mass is 216 g/mol. The zero-order valence-electron chi connectivity index (χ0n) is 9.92. The zero-order chi connectivity index (χ0) is 10.9. The first-order chi connectivity index (χ1) is 7.36. The standard InChI is InChI=1S/C11H24N2O2/c1-14-9-11(15-2)8-12-7-10-5-3-4-6-13-10/h10-13H,3-9H2,1-2H3. The lowest BCUT2D eigenvalue weighted by atomic mass is 10.1. The van der Waals surface area contributed by atoms with Crippen LogP contribution in [0.4, 0.5) is 0 Å². The van der Waals surface area contributed by atoms with E-state index >= 15 is 0 Å². The highest BCUT2D eigenvalue weighted by Gasteiger charge is 2.12. The van der Waals surface area contributed by atoms with Gasteiger partial charge in [0, 0.05) is 33.4 Å². The van der Waals surface area contributed by atoms with E-state index in [1.165, 1.54) is 19.3 Å². The summed E-state index contributed by atoms with van der Waals surface area (Å²) in [5.41, 5.74) is 0. The summed E-state index contributed by atoms with van der Waals surface area (Å²) in [7, 11) is 3.43. The Bertz CT molecular complexity index is 145. The van der Waals surface area contributed by atoms with Gasteiger partial charge in [0.1, 0.15) is 0 Å². The molecule has 1 fully saturated rings. The predicted octanol–water partition coefficient (Wildman–Crippen LogP) is 0.380. The third-order valence-corrected chi connectivity index (χ3v) is 2.86. The molecule has 15 heavy (non-hydrogen) atoms. The lowest BCUT2D eigenvalue weighted by Crippen LogP contribution is -2.44. The number of hydrogen-bond acceptors (Lipinski definition) is 4. The van der Waals surface area contributed by atoms with Crippen molar-refractivity contribution in [3.8, 4) is 0 Å². The van der Waals surface area contributed by atoms with Crippen molar-refractivity contribution in [2.45, 2.75) is 31.4 Å². The number of piperidine rings is 1. The molecule has 0 bridgehead atoms. The van der Waals surface area contributed by atoms with E-state index in [1.54, 1.807) is 14.2 Å². The number of ether oxygens (including phenoxy) is 2. The minimum atomic E-state index is 0.165. The Balaban J connectivity index is 2.03. The van der Waals surface area contributed by atoms with Gasteiger partial charge in [-0.25, -0.2) is 0 Å². The van der Waals surface area contributed by atoms with Gasteiger partial charge in [-0.3, -0.25) is 0 Å². The summed E-state index contributed by atoms with van der Waals surface area (Å²) in [6.45, 7) is 3.71. The number of rotatable bonds is 7. The van der Waals surface area contributed by atoms with Gasteiger partial charge in [-0.15, -0.1) is 0 Å². The third kappa shape index (κ3) is 5.47. The summed E-state index contributed by atoms with van der Waals surface area (Å²) < 4.78 is 10.3. The van der Waals surface area contributed by atoms with Crippen LogP contribution in [-0.2, 0) is 9.47 Å². The number of methoxy groups -OCH3 is 2. The maximum Gasteiger partial charge on any atom is 0.0928 e. The second-order valence-electron chi connectivity index (χ2n) is 4.12. The fourth-order valence-corrected chi connectivity index (χ4v) is 1.91. The minimum Gasteiger partial charge on any atom is -0.382 e.